The Bertz CT molecular complexity index is 1260. The van der Waals surface area contributed by atoms with Crippen molar-refractivity contribution in [3.05, 3.63) is 36.5 Å². The lowest BCUT2D eigenvalue weighted by atomic mass is 9.99. The van der Waals surface area contributed by atoms with Crippen LogP contribution >= 0.6 is 0 Å². The standard InChI is InChI=1S/C48H89NO12S/c1-3-5-7-9-11-13-15-17-18-19-20-21-22-23-24-25-27-29-31-33-35-37-42(52)47(55)49-40(41(51)36-34-32-30-28-26-16-14-12-10-8-6-4-2)39-59-48-45(54)46(61-62(56,57)58)44(53)43(38-50)60-48/h10,12,26,28,34,36,40-46,48,50-54H,3-9,11,13-25,27,29-33,35,37-39H2,1-2H3,(H,49,55)(H,56,57,58)/b12-10+,28-26+,36-34+. The zero-order chi connectivity index (χ0) is 45.7. The van der Waals surface area contributed by atoms with Crippen molar-refractivity contribution in [1.29, 1.82) is 0 Å². The fourth-order valence-corrected chi connectivity index (χ4v) is 8.11. The van der Waals surface area contributed by atoms with Gasteiger partial charge in [-0.1, -0.05) is 198 Å². The van der Waals surface area contributed by atoms with Crippen molar-refractivity contribution >= 4 is 16.3 Å². The number of aliphatic hydroxyl groups excluding tert-OH is 5. The Morgan fingerprint density at radius 3 is 1.53 bits per heavy atom. The fourth-order valence-electron chi connectivity index (χ4n) is 7.60. The minimum atomic E-state index is -5.12. The number of carbonyl (C=O) groups is 1. The van der Waals surface area contributed by atoms with Crippen molar-refractivity contribution in [3.63, 3.8) is 0 Å². The fraction of sp³-hybridized carbons (Fsp3) is 0.854. The predicted molar refractivity (Wildman–Crippen MR) is 247 cm³/mol. The Kier molecular flexibility index (Phi) is 36.2. The van der Waals surface area contributed by atoms with Gasteiger partial charge in [0.25, 0.3) is 0 Å². The molecule has 0 aromatic heterocycles. The number of unbranched alkanes of at least 4 members (excludes halogenated alkanes) is 24. The highest BCUT2D eigenvalue weighted by molar-refractivity contribution is 7.80. The Morgan fingerprint density at radius 1 is 0.645 bits per heavy atom. The molecular formula is C48H89NO12S. The zero-order valence-electron chi connectivity index (χ0n) is 38.5. The molecule has 0 aliphatic carbocycles. The maximum Gasteiger partial charge on any atom is 0.397 e. The highest BCUT2D eigenvalue weighted by Crippen LogP contribution is 2.26. The average molecular weight is 904 g/mol. The van der Waals surface area contributed by atoms with Gasteiger partial charge in [0.1, 0.15) is 30.5 Å². The molecule has 1 aliphatic rings. The third kappa shape index (κ3) is 30.4. The van der Waals surface area contributed by atoms with Gasteiger partial charge in [-0.15, -0.1) is 0 Å². The van der Waals surface area contributed by atoms with Gasteiger partial charge in [-0.3, -0.25) is 9.35 Å². The lowest BCUT2D eigenvalue weighted by Gasteiger charge is -2.41. The molecule has 364 valence electrons. The van der Waals surface area contributed by atoms with Crippen LogP contribution in [0.1, 0.15) is 200 Å². The molecule has 0 bridgehead atoms. The van der Waals surface area contributed by atoms with Crippen LogP contribution in [0, 0.1) is 0 Å². The molecule has 1 amide bonds. The summed E-state index contributed by atoms with van der Waals surface area (Å²) in [5.41, 5.74) is 0. The quantitative estimate of drug-likeness (QED) is 0.0174. The van der Waals surface area contributed by atoms with E-state index in [1.807, 2.05) is 0 Å². The SMILES string of the molecule is CCCC/C=C/CC/C=C/CC/C=C/C(O)C(COC1OC(CO)C(O)C(OS(=O)(=O)O)C1O)NC(=O)C(O)CCCCCCCCCCCCCCCCCCCCCCC. The zero-order valence-corrected chi connectivity index (χ0v) is 39.4. The van der Waals surface area contributed by atoms with Gasteiger partial charge in [-0.2, -0.15) is 8.42 Å². The summed E-state index contributed by atoms with van der Waals surface area (Å²) in [6.07, 6.45) is 33.8. The van der Waals surface area contributed by atoms with Gasteiger partial charge in [0.15, 0.2) is 6.29 Å². The van der Waals surface area contributed by atoms with E-state index < -0.39 is 78.5 Å². The van der Waals surface area contributed by atoms with Crippen molar-refractivity contribution in [3.8, 4) is 0 Å². The number of ether oxygens (including phenoxy) is 2. The number of nitrogens with one attached hydrogen (secondary N) is 1. The Morgan fingerprint density at radius 2 is 1.08 bits per heavy atom. The summed E-state index contributed by atoms with van der Waals surface area (Å²) in [5, 5.41) is 55.2. The summed E-state index contributed by atoms with van der Waals surface area (Å²) in [4.78, 5) is 13.1. The highest BCUT2D eigenvalue weighted by Gasteiger charge is 2.48. The smallest absolute Gasteiger partial charge is 0.394 e. The number of allylic oxidation sites excluding steroid dienone is 5. The summed E-state index contributed by atoms with van der Waals surface area (Å²) in [6.45, 7) is 3.15. The first-order valence-electron chi connectivity index (χ1n) is 24.5. The second kappa shape index (κ2) is 38.5. The van der Waals surface area contributed by atoms with Crippen LogP contribution in [0.3, 0.4) is 0 Å². The molecule has 0 aromatic carbocycles. The molecule has 8 unspecified atom stereocenters. The van der Waals surface area contributed by atoms with E-state index in [1.165, 1.54) is 128 Å². The van der Waals surface area contributed by atoms with Crippen LogP contribution < -0.4 is 5.32 Å². The van der Waals surface area contributed by atoms with Gasteiger partial charge in [-0.25, -0.2) is 4.18 Å². The molecule has 1 heterocycles. The number of hydrogen-bond acceptors (Lipinski definition) is 11. The molecule has 62 heavy (non-hydrogen) atoms. The molecule has 1 aliphatic heterocycles. The molecule has 8 atom stereocenters. The molecule has 1 fully saturated rings. The largest absolute Gasteiger partial charge is 0.397 e. The van der Waals surface area contributed by atoms with Crippen LogP contribution in [0.15, 0.2) is 36.5 Å². The molecule has 1 saturated heterocycles. The molecule has 1 rings (SSSR count). The summed E-state index contributed by atoms with van der Waals surface area (Å²) >= 11 is 0. The summed E-state index contributed by atoms with van der Waals surface area (Å²) < 4.78 is 47.5. The number of carbonyl (C=O) groups excluding carboxylic acids is 1. The van der Waals surface area contributed by atoms with E-state index in [-0.39, 0.29) is 6.42 Å². The normalized spacial score (nSPS) is 21.3. The Balaban J connectivity index is 2.49. The van der Waals surface area contributed by atoms with Crippen molar-refractivity contribution in [2.75, 3.05) is 13.2 Å². The van der Waals surface area contributed by atoms with Gasteiger partial charge in [0, 0.05) is 0 Å². The topological polar surface area (TPSA) is 212 Å². The van der Waals surface area contributed by atoms with Crippen LogP contribution in [-0.4, -0.2) is 107 Å². The van der Waals surface area contributed by atoms with E-state index in [9.17, 15) is 43.3 Å². The molecule has 7 N–H and O–H groups in total. The molecule has 0 spiro atoms. The van der Waals surface area contributed by atoms with E-state index in [0.717, 1.165) is 44.9 Å². The van der Waals surface area contributed by atoms with Gasteiger partial charge in [0.05, 0.1) is 25.4 Å². The Labute approximate surface area is 376 Å². The van der Waals surface area contributed by atoms with E-state index in [2.05, 4.69) is 47.7 Å². The van der Waals surface area contributed by atoms with E-state index >= 15 is 0 Å². The summed E-state index contributed by atoms with van der Waals surface area (Å²) in [5.74, 6) is -0.716. The van der Waals surface area contributed by atoms with Gasteiger partial charge < -0.3 is 40.3 Å². The number of hydrogen-bond donors (Lipinski definition) is 7. The van der Waals surface area contributed by atoms with E-state index in [4.69, 9.17) is 9.47 Å². The average Bonchev–Trinajstić information content (AvgIpc) is 3.24. The monoisotopic (exact) mass is 904 g/mol. The summed E-state index contributed by atoms with van der Waals surface area (Å²) in [7, 11) is -5.12. The molecular weight excluding hydrogens is 815 g/mol. The van der Waals surface area contributed by atoms with Crippen LogP contribution in [0.4, 0.5) is 0 Å². The van der Waals surface area contributed by atoms with Crippen molar-refractivity contribution in [2.45, 2.75) is 249 Å². The van der Waals surface area contributed by atoms with Crippen LogP contribution in [0.5, 0.6) is 0 Å². The molecule has 0 radical (unpaired) electrons. The third-order valence-electron chi connectivity index (χ3n) is 11.5. The maximum absolute atomic E-state index is 13.1. The third-order valence-corrected chi connectivity index (χ3v) is 12.0. The first kappa shape index (κ1) is 58.3. The van der Waals surface area contributed by atoms with Crippen molar-refractivity contribution in [1.82, 2.24) is 5.32 Å². The van der Waals surface area contributed by atoms with E-state index in [0.29, 0.717) is 12.8 Å². The first-order valence-corrected chi connectivity index (χ1v) is 25.8. The predicted octanol–water partition coefficient (Wildman–Crippen LogP) is 8.86. The molecule has 0 saturated carbocycles. The molecule has 14 heteroatoms. The van der Waals surface area contributed by atoms with Crippen LogP contribution in [0.25, 0.3) is 0 Å². The second-order valence-corrected chi connectivity index (χ2v) is 18.2. The highest BCUT2D eigenvalue weighted by atomic mass is 32.3. The second-order valence-electron chi connectivity index (χ2n) is 17.2. The number of amides is 1. The lowest BCUT2D eigenvalue weighted by Crippen LogP contribution is -2.61. The van der Waals surface area contributed by atoms with Gasteiger partial charge in [0.2, 0.25) is 5.91 Å². The number of rotatable bonds is 41. The van der Waals surface area contributed by atoms with Crippen LogP contribution in [-0.2, 0) is 28.9 Å². The Hall–Kier alpha value is -1.72. The van der Waals surface area contributed by atoms with Gasteiger partial charge >= 0.3 is 10.4 Å². The minimum absolute atomic E-state index is 0.237. The number of aliphatic hydroxyl groups is 5. The maximum atomic E-state index is 13.1. The minimum Gasteiger partial charge on any atom is -0.394 e. The van der Waals surface area contributed by atoms with Gasteiger partial charge in [-0.05, 0) is 38.5 Å². The summed E-state index contributed by atoms with van der Waals surface area (Å²) in [6, 6.07) is -1.14. The van der Waals surface area contributed by atoms with Crippen LogP contribution in [0.2, 0.25) is 0 Å². The van der Waals surface area contributed by atoms with Crippen molar-refractivity contribution in [2.24, 2.45) is 0 Å². The van der Waals surface area contributed by atoms with E-state index in [1.54, 1.807) is 6.08 Å². The van der Waals surface area contributed by atoms with Crippen molar-refractivity contribution < 1.29 is 57.0 Å². The lowest BCUT2D eigenvalue weighted by molar-refractivity contribution is -0.298. The molecule has 13 nitrogen and oxygen atoms in total. The molecule has 0 aromatic rings. The first-order chi connectivity index (χ1) is 29.9.